The molecular weight excluding hydrogens is 360 g/mol. The van der Waals surface area contributed by atoms with Crippen LogP contribution in [0.1, 0.15) is 28.4 Å². The van der Waals surface area contributed by atoms with Gasteiger partial charge < -0.3 is 9.84 Å². The predicted molar refractivity (Wildman–Crippen MR) is 85.9 cm³/mol. The quantitative estimate of drug-likeness (QED) is 0.579. The minimum Gasteiger partial charge on any atom is -0.477 e. The molecule has 0 saturated carbocycles. The number of alkyl halides is 2. The van der Waals surface area contributed by atoms with Crippen LogP contribution in [0.5, 0.6) is 11.5 Å². The number of aromatic carboxylic acids is 1. The van der Waals surface area contributed by atoms with Crippen molar-refractivity contribution in [3.8, 4) is 11.5 Å². The van der Waals surface area contributed by atoms with Crippen molar-refractivity contribution in [2.75, 3.05) is 0 Å². The maximum absolute atomic E-state index is 13.3. The van der Waals surface area contributed by atoms with Crippen LogP contribution in [-0.4, -0.2) is 16.0 Å². The van der Waals surface area contributed by atoms with Gasteiger partial charge in [-0.2, -0.15) is 0 Å². The van der Waals surface area contributed by atoms with Crippen molar-refractivity contribution in [1.29, 1.82) is 0 Å². The Morgan fingerprint density at radius 3 is 2.44 bits per heavy atom. The third-order valence-corrected chi connectivity index (χ3v) is 3.65. The SMILES string of the molecule is Cc1cc(Oc2ccc(C(C)(F)F)cc2Cl)cc(C(=O)O)c1[N+](=O)[O-]. The highest BCUT2D eigenvalue weighted by molar-refractivity contribution is 6.32. The third-order valence-electron chi connectivity index (χ3n) is 3.35. The summed E-state index contributed by atoms with van der Waals surface area (Å²) >= 11 is 5.93. The van der Waals surface area contributed by atoms with Gasteiger partial charge in [0.15, 0.2) is 0 Å². The van der Waals surface area contributed by atoms with Gasteiger partial charge in [-0.05, 0) is 31.2 Å². The van der Waals surface area contributed by atoms with E-state index in [1.807, 2.05) is 0 Å². The Kier molecular flexibility index (Phi) is 4.94. The number of carboxylic acid groups (broad SMARTS) is 1. The maximum Gasteiger partial charge on any atom is 0.342 e. The average Bonchev–Trinajstić information content (AvgIpc) is 2.47. The van der Waals surface area contributed by atoms with Gasteiger partial charge in [-0.3, -0.25) is 10.1 Å². The van der Waals surface area contributed by atoms with E-state index in [0.717, 1.165) is 25.1 Å². The largest absolute Gasteiger partial charge is 0.477 e. The molecule has 0 unspecified atom stereocenters. The first kappa shape index (κ1) is 18.6. The van der Waals surface area contributed by atoms with Crippen LogP contribution in [0.25, 0.3) is 0 Å². The Morgan fingerprint density at radius 1 is 1.32 bits per heavy atom. The number of benzene rings is 2. The molecule has 2 aromatic carbocycles. The zero-order valence-corrected chi connectivity index (χ0v) is 13.8. The second kappa shape index (κ2) is 6.64. The van der Waals surface area contributed by atoms with Gasteiger partial charge >= 0.3 is 5.97 Å². The summed E-state index contributed by atoms with van der Waals surface area (Å²) in [5.74, 6) is -4.58. The number of nitrogens with zero attached hydrogens (tertiary/aromatic N) is 1. The molecule has 0 saturated heterocycles. The number of rotatable bonds is 5. The summed E-state index contributed by atoms with van der Waals surface area (Å²) in [6.07, 6.45) is 0. The lowest BCUT2D eigenvalue weighted by Gasteiger charge is -2.14. The number of hydrogen-bond acceptors (Lipinski definition) is 4. The molecular formula is C16H12ClF2NO5. The van der Waals surface area contributed by atoms with Gasteiger partial charge in [0.2, 0.25) is 0 Å². The molecule has 0 atom stereocenters. The first-order valence-electron chi connectivity index (χ1n) is 6.88. The van der Waals surface area contributed by atoms with Gasteiger partial charge in [-0.15, -0.1) is 0 Å². The lowest BCUT2D eigenvalue weighted by atomic mass is 10.1. The van der Waals surface area contributed by atoms with E-state index >= 15 is 0 Å². The molecule has 0 aromatic heterocycles. The zero-order valence-electron chi connectivity index (χ0n) is 13.0. The molecule has 0 aliphatic heterocycles. The standard InChI is InChI=1S/C16H12ClF2NO5/c1-8-5-10(7-11(15(21)22)14(8)20(23)24)25-13-4-3-9(6-12(13)17)16(2,18)19/h3-7H,1-2H3,(H,21,22). The summed E-state index contributed by atoms with van der Waals surface area (Å²) < 4.78 is 32.0. The first-order chi connectivity index (χ1) is 11.5. The van der Waals surface area contributed by atoms with Gasteiger partial charge in [0, 0.05) is 24.1 Å². The summed E-state index contributed by atoms with van der Waals surface area (Å²) in [5, 5.41) is 20.0. The summed E-state index contributed by atoms with van der Waals surface area (Å²) in [4.78, 5) is 21.4. The third kappa shape index (κ3) is 4.03. The van der Waals surface area contributed by atoms with Crippen LogP contribution in [0.2, 0.25) is 5.02 Å². The summed E-state index contributed by atoms with van der Waals surface area (Å²) in [6.45, 7) is 2.08. The van der Waals surface area contributed by atoms with Gasteiger partial charge in [0.25, 0.3) is 11.6 Å². The minimum atomic E-state index is -3.08. The van der Waals surface area contributed by atoms with Gasteiger partial charge in [-0.25, -0.2) is 13.6 Å². The molecule has 0 radical (unpaired) electrons. The van der Waals surface area contributed by atoms with Crippen molar-refractivity contribution < 1.29 is 28.3 Å². The highest BCUT2D eigenvalue weighted by Crippen LogP contribution is 2.37. The fourth-order valence-electron chi connectivity index (χ4n) is 2.19. The number of halogens is 3. The van der Waals surface area contributed by atoms with Crippen molar-refractivity contribution in [3.63, 3.8) is 0 Å². The minimum absolute atomic E-state index is 0.0132. The number of nitro groups is 1. The van der Waals surface area contributed by atoms with E-state index in [0.29, 0.717) is 0 Å². The topological polar surface area (TPSA) is 89.7 Å². The van der Waals surface area contributed by atoms with Crippen LogP contribution in [0, 0.1) is 17.0 Å². The molecule has 25 heavy (non-hydrogen) atoms. The van der Waals surface area contributed by atoms with E-state index in [1.165, 1.54) is 19.1 Å². The van der Waals surface area contributed by atoms with Crippen LogP contribution in [0.3, 0.4) is 0 Å². The highest BCUT2D eigenvalue weighted by Gasteiger charge is 2.26. The number of carbonyl (C=O) groups is 1. The molecule has 2 aromatic rings. The average molecular weight is 372 g/mol. The van der Waals surface area contributed by atoms with E-state index in [9.17, 15) is 23.7 Å². The molecule has 0 fully saturated rings. The first-order valence-corrected chi connectivity index (χ1v) is 7.26. The predicted octanol–water partition coefficient (Wildman–Crippen LogP) is 5.16. The summed E-state index contributed by atoms with van der Waals surface area (Å²) in [7, 11) is 0. The number of hydrogen-bond donors (Lipinski definition) is 1. The molecule has 0 amide bonds. The van der Waals surface area contributed by atoms with Crippen molar-refractivity contribution in [3.05, 3.63) is 62.2 Å². The second-order valence-electron chi connectivity index (χ2n) is 5.33. The van der Waals surface area contributed by atoms with Crippen molar-refractivity contribution >= 4 is 23.3 Å². The Balaban J connectivity index is 2.45. The number of nitro benzene ring substituents is 1. The van der Waals surface area contributed by atoms with Gasteiger partial charge in [-0.1, -0.05) is 11.6 Å². The second-order valence-corrected chi connectivity index (χ2v) is 5.74. The number of ether oxygens (including phenoxy) is 1. The van der Waals surface area contributed by atoms with Crippen molar-refractivity contribution in [2.24, 2.45) is 0 Å². The molecule has 0 heterocycles. The van der Waals surface area contributed by atoms with E-state index in [-0.39, 0.29) is 27.6 Å². The van der Waals surface area contributed by atoms with Crippen LogP contribution in [0.15, 0.2) is 30.3 Å². The Bertz CT molecular complexity index is 864. The smallest absolute Gasteiger partial charge is 0.342 e. The molecule has 9 heteroatoms. The molecule has 132 valence electrons. The fourth-order valence-corrected chi connectivity index (χ4v) is 2.41. The maximum atomic E-state index is 13.3. The monoisotopic (exact) mass is 371 g/mol. The van der Waals surface area contributed by atoms with E-state index in [1.54, 1.807) is 0 Å². The molecule has 0 spiro atoms. The lowest BCUT2D eigenvalue weighted by molar-refractivity contribution is -0.385. The lowest BCUT2D eigenvalue weighted by Crippen LogP contribution is -2.07. The fraction of sp³-hybridized carbons (Fsp3) is 0.188. The highest BCUT2D eigenvalue weighted by atomic mass is 35.5. The molecule has 0 aliphatic rings. The van der Waals surface area contributed by atoms with Gasteiger partial charge in [0.1, 0.15) is 17.1 Å². The van der Waals surface area contributed by atoms with E-state index in [2.05, 4.69) is 0 Å². The number of aryl methyl sites for hydroxylation is 1. The molecule has 0 bridgehead atoms. The van der Waals surface area contributed by atoms with Crippen LogP contribution in [-0.2, 0) is 5.92 Å². The Morgan fingerprint density at radius 2 is 1.96 bits per heavy atom. The molecule has 0 aliphatic carbocycles. The van der Waals surface area contributed by atoms with Crippen molar-refractivity contribution in [2.45, 2.75) is 19.8 Å². The van der Waals surface area contributed by atoms with E-state index < -0.39 is 28.1 Å². The normalized spacial score (nSPS) is 11.2. The number of carboxylic acids is 1. The van der Waals surface area contributed by atoms with Crippen LogP contribution >= 0.6 is 11.6 Å². The van der Waals surface area contributed by atoms with Gasteiger partial charge in [0.05, 0.1) is 9.95 Å². The molecule has 1 N–H and O–H groups in total. The summed E-state index contributed by atoms with van der Waals surface area (Å²) in [5.41, 5.74) is -1.33. The van der Waals surface area contributed by atoms with Crippen LogP contribution < -0.4 is 4.74 Å². The zero-order chi connectivity index (χ0) is 18.9. The Hall–Kier alpha value is -2.74. The Labute approximate surface area is 145 Å². The molecule has 2 rings (SSSR count). The van der Waals surface area contributed by atoms with Crippen molar-refractivity contribution in [1.82, 2.24) is 0 Å². The summed E-state index contributed by atoms with van der Waals surface area (Å²) in [6, 6.07) is 5.62. The van der Waals surface area contributed by atoms with E-state index in [4.69, 9.17) is 21.4 Å². The molecule has 6 nitrogen and oxygen atoms in total. The van der Waals surface area contributed by atoms with Crippen LogP contribution in [0.4, 0.5) is 14.5 Å².